The molecular weight excluding hydrogens is 346 g/mol. The molecule has 1 atom stereocenters. The van der Waals surface area contributed by atoms with E-state index < -0.39 is 0 Å². The number of aryl methyl sites for hydroxylation is 1. The zero-order chi connectivity index (χ0) is 20.4. The molecule has 27 heavy (non-hydrogen) atoms. The number of amides is 1. The lowest BCUT2D eigenvalue weighted by Crippen LogP contribution is -2.38. The van der Waals surface area contributed by atoms with Gasteiger partial charge < -0.3 is 19.1 Å². The Kier molecular flexibility index (Phi) is 9.68. The van der Waals surface area contributed by atoms with Crippen LogP contribution in [0.2, 0.25) is 0 Å². The fourth-order valence-corrected chi connectivity index (χ4v) is 2.78. The molecule has 0 radical (unpaired) electrons. The molecule has 6 nitrogen and oxygen atoms in total. The first kappa shape index (κ1) is 22.8. The summed E-state index contributed by atoms with van der Waals surface area (Å²) in [5.74, 6) is 1.21. The summed E-state index contributed by atoms with van der Waals surface area (Å²) in [6.07, 6.45) is 1.88. The predicted octanol–water partition coefficient (Wildman–Crippen LogP) is 3.32. The highest BCUT2D eigenvalue weighted by Crippen LogP contribution is 2.28. The van der Waals surface area contributed by atoms with Gasteiger partial charge in [-0.25, -0.2) is 0 Å². The van der Waals surface area contributed by atoms with Gasteiger partial charge in [-0.1, -0.05) is 26.8 Å². The Bertz CT molecular complexity index is 615. The van der Waals surface area contributed by atoms with Crippen LogP contribution < -0.4 is 9.47 Å². The van der Waals surface area contributed by atoms with Gasteiger partial charge in [0.1, 0.15) is 0 Å². The monoisotopic (exact) mass is 379 g/mol. The van der Waals surface area contributed by atoms with E-state index in [0.29, 0.717) is 43.3 Å². The van der Waals surface area contributed by atoms with Crippen molar-refractivity contribution in [3.8, 4) is 11.5 Å². The number of carbonyl (C=O) groups is 2. The Morgan fingerprint density at radius 1 is 1.04 bits per heavy atom. The molecule has 0 saturated heterocycles. The summed E-state index contributed by atoms with van der Waals surface area (Å²) in [6, 6.07) is 5.67. The molecule has 0 aliphatic rings. The standard InChI is InChI=1S/C21H33NO5/c1-15(2)11-12-22(14-16(3)21(24)27-6)20(23)10-8-17-7-9-18(25-4)19(13-17)26-5/h7,9,13,15-16H,8,10-12,14H2,1-6H3. The fraction of sp³-hybridized carbons (Fsp3) is 0.619. The topological polar surface area (TPSA) is 65.1 Å². The van der Waals surface area contributed by atoms with Crippen LogP contribution in [-0.4, -0.2) is 51.2 Å². The Balaban J connectivity index is 2.75. The zero-order valence-electron chi connectivity index (χ0n) is 17.4. The molecular formula is C21H33NO5. The third-order valence-electron chi connectivity index (χ3n) is 4.50. The molecule has 0 fully saturated rings. The van der Waals surface area contributed by atoms with Gasteiger partial charge in [-0.15, -0.1) is 0 Å². The van der Waals surface area contributed by atoms with Crippen LogP contribution in [0.1, 0.15) is 39.2 Å². The van der Waals surface area contributed by atoms with Crippen LogP contribution in [0.15, 0.2) is 18.2 Å². The van der Waals surface area contributed by atoms with Crippen molar-refractivity contribution in [2.24, 2.45) is 11.8 Å². The molecule has 0 spiro atoms. The fourth-order valence-electron chi connectivity index (χ4n) is 2.78. The maximum Gasteiger partial charge on any atom is 0.310 e. The highest BCUT2D eigenvalue weighted by molar-refractivity contribution is 5.78. The minimum atomic E-state index is -0.341. The van der Waals surface area contributed by atoms with Gasteiger partial charge in [0.05, 0.1) is 27.2 Å². The summed E-state index contributed by atoms with van der Waals surface area (Å²) in [7, 11) is 4.56. The highest BCUT2D eigenvalue weighted by Gasteiger charge is 2.21. The van der Waals surface area contributed by atoms with Crippen LogP contribution in [-0.2, 0) is 20.7 Å². The first-order chi connectivity index (χ1) is 12.8. The summed E-state index contributed by atoms with van der Waals surface area (Å²) < 4.78 is 15.4. The molecule has 0 aliphatic heterocycles. The van der Waals surface area contributed by atoms with Gasteiger partial charge >= 0.3 is 5.97 Å². The Morgan fingerprint density at radius 3 is 2.26 bits per heavy atom. The van der Waals surface area contributed by atoms with E-state index in [-0.39, 0.29) is 17.8 Å². The molecule has 1 rings (SSSR count). The van der Waals surface area contributed by atoms with Crippen molar-refractivity contribution in [1.82, 2.24) is 4.90 Å². The molecule has 1 unspecified atom stereocenters. The quantitative estimate of drug-likeness (QED) is 0.552. The minimum Gasteiger partial charge on any atom is -0.493 e. The van der Waals surface area contributed by atoms with E-state index in [1.165, 1.54) is 7.11 Å². The van der Waals surface area contributed by atoms with Gasteiger partial charge in [0, 0.05) is 19.5 Å². The van der Waals surface area contributed by atoms with Crippen LogP contribution in [0.25, 0.3) is 0 Å². The van der Waals surface area contributed by atoms with Crippen LogP contribution in [0.4, 0.5) is 0 Å². The number of benzene rings is 1. The number of rotatable bonds is 11. The molecule has 1 aromatic carbocycles. The van der Waals surface area contributed by atoms with Gasteiger partial charge in [-0.05, 0) is 36.5 Å². The van der Waals surface area contributed by atoms with Gasteiger partial charge in [0.2, 0.25) is 5.91 Å². The van der Waals surface area contributed by atoms with Crippen LogP contribution in [0.3, 0.4) is 0 Å². The molecule has 152 valence electrons. The van der Waals surface area contributed by atoms with Crippen molar-refractivity contribution in [2.75, 3.05) is 34.4 Å². The molecule has 0 bridgehead atoms. The average Bonchev–Trinajstić information content (AvgIpc) is 2.67. The molecule has 1 aromatic rings. The first-order valence-corrected chi connectivity index (χ1v) is 9.38. The third-order valence-corrected chi connectivity index (χ3v) is 4.50. The molecule has 0 aliphatic carbocycles. The normalized spacial score (nSPS) is 11.8. The van der Waals surface area contributed by atoms with Crippen molar-refractivity contribution in [1.29, 1.82) is 0 Å². The Hall–Kier alpha value is -2.24. The van der Waals surface area contributed by atoms with E-state index in [4.69, 9.17) is 14.2 Å². The summed E-state index contributed by atoms with van der Waals surface area (Å²) in [4.78, 5) is 26.3. The van der Waals surface area contributed by atoms with E-state index in [1.54, 1.807) is 26.0 Å². The number of nitrogens with zero attached hydrogens (tertiary/aromatic N) is 1. The Morgan fingerprint density at radius 2 is 1.70 bits per heavy atom. The van der Waals surface area contributed by atoms with Gasteiger partial charge in [-0.2, -0.15) is 0 Å². The molecule has 0 saturated carbocycles. The van der Waals surface area contributed by atoms with Crippen LogP contribution >= 0.6 is 0 Å². The van der Waals surface area contributed by atoms with Crippen molar-refractivity contribution in [3.05, 3.63) is 23.8 Å². The summed E-state index contributed by atoms with van der Waals surface area (Å²) in [5, 5.41) is 0. The van der Waals surface area contributed by atoms with Crippen molar-refractivity contribution in [3.63, 3.8) is 0 Å². The SMILES string of the molecule is COC(=O)C(C)CN(CCC(C)C)C(=O)CCc1ccc(OC)c(OC)c1. The smallest absolute Gasteiger partial charge is 0.310 e. The van der Waals surface area contributed by atoms with Gasteiger partial charge in [0.25, 0.3) is 0 Å². The highest BCUT2D eigenvalue weighted by atomic mass is 16.5. The van der Waals surface area contributed by atoms with Gasteiger partial charge in [-0.3, -0.25) is 9.59 Å². The number of hydrogen-bond acceptors (Lipinski definition) is 5. The summed E-state index contributed by atoms with van der Waals surface area (Å²) in [5.41, 5.74) is 1.01. The number of hydrogen-bond donors (Lipinski definition) is 0. The van der Waals surface area contributed by atoms with E-state index in [0.717, 1.165) is 12.0 Å². The largest absolute Gasteiger partial charge is 0.493 e. The first-order valence-electron chi connectivity index (χ1n) is 9.38. The van der Waals surface area contributed by atoms with Crippen LogP contribution in [0, 0.1) is 11.8 Å². The molecule has 0 heterocycles. The lowest BCUT2D eigenvalue weighted by molar-refractivity contribution is -0.146. The second-order valence-corrected chi connectivity index (χ2v) is 7.14. The number of methoxy groups -OCH3 is 3. The maximum absolute atomic E-state index is 12.8. The van der Waals surface area contributed by atoms with Crippen molar-refractivity contribution < 1.29 is 23.8 Å². The second-order valence-electron chi connectivity index (χ2n) is 7.14. The van der Waals surface area contributed by atoms with Crippen molar-refractivity contribution in [2.45, 2.75) is 40.0 Å². The predicted molar refractivity (Wildman–Crippen MR) is 105 cm³/mol. The summed E-state index contributed by atoms with van der Waals surface area (Å²) >= 11 is 0. The number of esters is 1. The maximum atomic E-state index is 12.8. The minimum absolute atomic E-state index is 0.0428. The average molecular weight is 379 g/mol. The van der Waals surface area contributed by atoms with Crippen molar-refractivity contribution >= 4 is 11.9 Å². The molecule has 0 N–H and O–H groups in total. The Labute approximate surface area is 162 Å². The summed E-state index contributed by atoms with van der Waals surface area (Å²) in [6.45, 7) is 7.05. The molecule has 0 aromatic heterocycles. The lowest BCUT2D eigenvalue weighted by atomic mass is 10.1. The lowest BCUT2D eigenvalue weighted by Gasteiger charge is -2.26. The molecule has 6 heteroatoms. The van der Waals surface area contributed by atoms with E-state index >= 15 is 0 Å². The second kappa shape index (κ2) is 11.5. The number of ether oxygens (including phenoxy) is 3. The van der Waals surface area contributed by atoms with E-state index in [9.17, 15) is 9.59 Å². The zero-order valence-corrected chi connectivity index (χ0v) is 17.4. The van der Waals surface area contributed by atoms with Gasteiger partial charge in [0.15, 0.2) is 11.5 Å². The molecule has 1 amide bonds. The van der Waals surface area contributed by atoms with Crippen LogP contribution in [0.5, 0.6) is 11.5 Å². The number of carbonyl (C=O) groups excluding carboxylic acids is 2. The third kappa shape index (κ3) is 7.49. The van der Waals surface area contributed by atoms with E-state index in [1.807, 2.05) is 18.2 Å². The van der Waals surface area contributed by atoms with E-state index in [2.05, 4.69) is 13.8 Å².